The van der Waals surface area contributed by atoms with Crippen LogP contribution in [-0.4, -0.2) is 31.8 Å². The maximum absolute atomic E-state index is 12.4. The molecule has 9 heteroatoms. The van der Waals surface area contributed by atoms with Crippen molar-refractivity contribution in [3.05, 3.63) is 83.2 Å². The Morgan fingerprint density at radius 2 is 1.94 bits per heavy atom. The molecule has 0 aliphatic rings. The van der Waals surface area contributed by atoms with Gasteiger partial charge in [-0.1, -0.05) is 12.1 Å². The standard InChI is InChI=1S/C24H20N6O3/c1-3-33-22-9-8-16(11-26-22)19-10-23(31)29(2)14-20(19)17-12-28-30(13-17)21-7-5-4-6-18(21)24(32)27-15-25/h4-14H,3H2,1-2H3,(H,27,32). The number of carbonyl (C=O) groups excluding carboxylic acids is 1. The van der Waals surface area contributed by atoms with E-state index in [1.807, 2.05) is 13.0 Å². The summed E-state index contributed by atoms with van der Waals surface area (Å²) >= 11 is 0. The third kappa shape index (κ3) is 4.36. The Bertz CT molecular complexity index is 1410. The molecule has 1 amide bonds. The van der Waals surface area contributed by atoms with Crippen LogP contribution >= 0.6 is 0 Å². The third-order valence-corrected chi connectivity index (χ3v) is 5.03. The summed E-state index contributed by atoms with van der Waals surface area (Å²) in [5.41, 5.74) is 3.64. The summed E-state index contributed by atoms with van der Waals surface area (Å²) < 4.78 is 8.47. The minimum atomic E-state index is -0.520. The number of aryl methyl sites for hydroxylation is 1. The van der Waals surface area contributed by atoms with Gasteiger partial charge < -0.3 is 9.30 Å². The first-order chi connectivity index (χ1) is 16.0. The number of nitrogens with one attached hydrogen (secondary N) is 1. The largest absolute Gasteiger partial charge is 0.478 e. The summed E-state index contributed by atoms with van der Waals surface area (Å²) in [4.78, 5) is 29.0. The van der Waals surface area contributed by atoms with Crippen LogP contribution in [-0.2, 0) is 7.05 Å². The number of ether oxygens (including phenoxy) is 1. The Balaban J connectivity index is 1.80. The molecule has 33 heavy (non-hydrogen) atoms. The molecule has 1 N–H and O–H groups in total. The van der Waals surface area contributed by atoms with Crippen molar-refractivity contribution in [2.45, 2.75) is 6.92 Å². The summed E-state index contributed by atoms with van der Waals surface area (Å²) in [6, 6.07) is 12.0. The predicted octanol–water partition coefficient (Wildman–Crippen LogP) is 2.91. The zero-order valence-corrected chi connectivity index (χ0v) is 18.0. The lowest BCUT2D eigenvalue weighted by molar-refractivity contribution is 0.0972. The molecule has 4 aromatic rings. The van der Waals surface area contributed by atoms with Crippen LogP contribution in [0.25, 0.3) is 27.9 Å². The summed E-state index contributed by atoms with van der Waals surface area (Å²) in [5.74, 6) is -0.0138. The summed E-state index contributed by atoms with van der Waals surface area (Å²) in [5, 5.41) is 15.4. The van der Waals surface area contributed by atoms with Crippen molar-refractivity contribution >= 4 is 5.91 Å². The van der Waals surface area contributed by atoms with Crippen molar-refractivity contribution in [2.75, 3.05) is 6.61 Å². The molecule has 0 fully saturated rings. The van der Waals surface area contributed by atoms with Gasteiger partial charge in [-0.05, 0) is 30.7 Å². The topological polar surface area (TPSA) is 115 Å². The van der Waals surface area contributed by atoms with Gasteiger partial charge in [-0.25, -0.2) is 9.67 Å². The minimum absolute atomic E-state index is 0.159. The fraction of sp³-hybridized carbons (Fsp3) is 0.125. The molecule has 3 aromatic heterocycles. The summed E-state index contributed by atoms with van der Waals surface area (Å²) in [6.07, 6.45) is 8.47. The highest BCUT2D eigenvalue weighted by Crippen LogP contribution is 2.31. The van der Waals surface area contributed by atoms with Gasteiger partial charge in [-0.3, -0.25) is 14.9 Å². The zero-order chi connectivity index (χ0) is 23.4. The van der Waals surface area contributed by atoms with Crippen LogP contribution in [0.15, 0.2) is 72.0 Å². The van der Waals surface area contributed by atoms with Crippen LogP contribution in [0, 0.1) is 11.5 Å². The molecule has 0 saturated carbocycles. The third-order valence-electron chi connectivity index (χ3n) is 5.03. The summed E-state index contributed by atoms with van der Waals surface area (Å²) in [6.45, 7) is 2.39. The van der Waals surface area contributed by atoms with Crippen LogP contribution in [0.2, 0.25) is 0 Å². The number of nitrogens with zero attached hydrogens (tertiary/aromatic N) is 5. The number of amides is 1. The molecule has 0 spiro atoms. The van der Waals surface area contributed by atoms with E-state index in [1.165, 1.54) is 4.57 Å². The first kappa shape index (κ1) is 21.5. The Labute approximate surface area is 189 Å². The van der Waals surface area contributed by atoms with Gasteiger partial charge in [0.1, 0.15) is 0 Å². The minimum Gasteiger partial charge on any atom is -0.478 e. The average Bonchev–Trinajstić information content (AvgIpc) is 3.31. The Kier molecular flexibility index (Phi) is 6.00. The Hall–Kier alpha value is -4.71. The van der Waals surface area contributed by atoms with Gasteiger partial charge in [0.25, 0.3) is 11.5 Å². The highest BCUT2D eigenvalue weighted by molar-refractivity contribution is 5.98. The van der Waals surface area contributed by atoms with Crippen LogP contribution < -0.4 is 15.6 Å². The molecule has 0 aliphatic heterocycles. The molecule has 0 radical (unpaired) electrons. The average molecular weight is 440 g/mol. The van der Waals surface area contributed by atoms with Crippen LogP contribution in [0.4, 0.5) is 0 Å². The van der Waals surface area contributed by atoms with E-state index in [-0.39, 0.29) is 5.56 Å². The molecular formula is C24H20N6O3. The molecule has 164 valence electrons. The number of hydrogen-bond donors (Lipinski definition) is 1. The van der Waals surface area contributed by atoms with Crippen molar-refractivity contribution in [1.29, 1.82) is 5.26 Å². The zero-order valence-electron chi connectivity index (χ0n) is 18.0. The highest BCUT2D eigenvalue weighted by atomic mass is 16.5. The Morgan fingerprint density at radius 3 is 2.67 bits per heavy atom. The number of rotatable bonds is 6. The Morgan fingerprint density at radius 1 is 1.12 bits per heavy atom. The van der Waals surface area contributed by atoms with Gasteiger partial charge in [-0.2, -0.15) is 10.4 Å². The maximum atomic E-state index is 12.4. The number of aromatic nitrogens is 4. The van der Waals surface area contributed by atoms with Crippen molar-refractivity contribution in [2.24, 2.45) is 7.05 Å². The predicted molar refractivity (Wildman–Crippen MR) is 122 cm³/mol. The second kappa shape index (κ2) is 9.20. The highest BCUT2D eigenvalue weighted by Gasteiger charge is 2.16. The van der Waals surface area contributed by atoms with Crippen molar-refractivity contribution in [3.8, 4) is 40.0 Å². The second-order valence-electron chi connectivity index (χ2n) is 7.12. The van der Waals surface area contributed by atoms with Crippen LogP contribution in [0.1, 0.15) is 17.3 Å². The molecule has 4 rings (SSSR count). The summed E-state index contributed by atoms with van der Waals surface area (Å²) in [7, 11) is 1.68. The van der Waals surface area contributed by atoms with E-state index < -0.39 is 5.91 Å². The van der Waals surface area contributed by atoms with Crippen molar-refractivity contribution in [1.82, 2.24) is 24.6 Å². The number of para-hydroxylation sites is 1. The quantitative estimate of drug-likeness (QED) is 0.364. The number of pyridine rings is 2. The first-order valence-electron chi connectivity index (χ1n) is 10.2. The number of carbonyl (C=O) groups is 1. The van der Waals surface area contributed by atoms with Gasteiger partial charge in [0, 0.05) is 54.5 Å². The molecule has 0 unspecified atom stereocenters. The van der Waals surface area contributed by atoms with Gasteiger partial charge in [-0.15, -0.1) is 0 Å². The van der Waals surface area contributed by atoms with E-state index in [9.17, 15) is 9.59 Å². The van der Waals surface area contributed by atoms with Gasteiger partial charge in [0.05, 0.1) is 24.1 Å². The molecule has 3 heterocycles. The monoisotopic (exact) mass is 440 g/mol. The molecule has 9 nitrogen and oxygen atoms in total. The van der Waals surface area contributed by atoms with Gasteiger partial charge in [0.2, 0.25) is 5.88 Å². The SMILES string of the molecule is CCOc1ccc(-c2cc(=O)n(C)cc2-c2cnn(-c3ccccc3C(=O)NC#N)c2)cn1. The van der Waals surface area contributed by atoms with Gasteiger partial charge in [0.15, 0.2) is 6.19 Å². The van der Waals surface area contributed by atoms with Gasteiger partial charge >= 0.3 is 0 Å². The van der Waals surface area contributed by atoms with Crippen LogP contribution in [0.3, 0.4) is 0 Å². The number of nitriles is 1. The van der Waals surface area contributed by atoms with Crippen molar-refractivity contribution in [3.63, 3.8) is 0 Å². The lowest BCUT2D eigenvalue weighted by Crippen LogP contribution is -2.19. The molecule has 0 bridgehead atoms. The van der Waals surface area contributed by atoms with E-state index in [2.05, 4.69) is 15.4 Å². The molecule has 0 aliphatic carbocycles. The number of hydrogen-bond acceptors (Lipinski definition) is 6. The van der Waals surface area contributed by atoms with E-state index in [0.717, 1.165) is 16.7 Å². The number of benzene rings is 1. The smallest absolute Gasteiger partial charge is 0.266 e. The van der Waals surface area contributed by atoms with E-state index in [1.54, 1.807) is 79.1 Å². The van der Waals surface area contributed by atoms with E-state index >= 15 is 0 Å². The fourth-order valence-electron chi connectivity index (χ4n) is 3.45. The lowest BCUT2D eigenvalue weighted by atomic mass is 9.99. The second-order valence-corrected chi connectivity index (χ2v) is 7.12. The normalized spacial score (nSPS) is 10.5. The van der Waals surface area contributed by atoms with Crippen molar-refractivity contribution < 1.29 is 9.53 Å². The first-order valence-corrected chi connectivity index (χ1v) is 10.2. The molecule has 0 saturated heterocycles. The van der Waals surface area contributed by atoms with E-state index in [4.69, 9.17) is 10.00 Å². The van der Waals surface area contributed by atoms with E-state index in [0.29, 0.717) is 29.3 Å². The molecule has 0 atom stereocenters. The van der Waals surface area contributed by atoms with Crippen LogP contribution in [0.5, 0.6) is 5.88 Å². The maximum Gasteiger partial charge on any atom is 0.266 e. The lowest BCUT2D eigenvalue weighted by Gasteiger charge is -2.11. The molecular weight excluding hydrogens is 420 g/mol. The fourth-order valence-corrected chi connectivity index (χ4v) is 3.45. The molecule has 1 aromatic carbocycles.